The van der Waals surface area contributed by atoms with Gasteiger partial charge in [0.25, 0.3) is 0 Å². The molecule has 0 fully saturated rings. The smallest absolute Gasteiger partial charge is 0.245 e. The first-order chi connectivity index (χ1) is 8.58. The lowest BCUT2D eigenvalue weighted by Gasteiger charge is -2.07. The van der Waals surface area contributed by atoms with Crippen LogP contribution in [0.4, 0.5) is 14.6 Å². The van der Waals surface area contributed by atoms with Crippen molar-refractivity contribution >= 4 is 29.0 Å². The van der Waals surface area contributed by atoms with E-state index in [0.29, 0.717) is 0 Å². The van der Waals surface area contributed by atoms with E-state index in [2.05, 4.69) is 20.5 Å². The number of rotatable bonds is 3. The molecule has 2 aromatic rings. The van der Waals surface area contributed by atoms with Crippen molar-refractivity contribution < 1.29 is 8.78 Å². The molecule has 0 saturated heterocycles. The summed E-state index contributed by atoms with van der Waals surface area (Å²) in [5.74, 6) is -1.69. The predicted octanol–water partition coefficient (Wildman–Crippen LogP) is 3.07. The van der Waals surface area contributed by atoms with Crippen LogP contribution >= 0.6 is 23.2 Å². The Morgan fingerprint density at radius 3 is 2.72 bits per heavy atom. The largest absolute Gasteiger partial charge is 0.363 e. The molecular weight excluding hydrogens is 285 g/mol. The summed E-state index contributed by atoms with van der Waals surface area (Å²) in [6.45, 7) is -0.00165. The Bertz CT molecular complexity index is 578. The van der Waals surface area contributed by atoms with E-state index < -0.39 is 11.6 Å². The lowest BCUT2D eigenvalue weighted by Crippen LogP contribution is -2.06. The van der Waals surface area contributed by atoms with Crippen molar-refractivity contribution in [3.05, 3.63) is 45.8 Å². The molecular formula is C10H6Cl2F2N4. The van der Waals surface area contributed by atoms with Crippen molar-refractivity contribution in [2.45, 2.75) is 6.54 Å². The molecule has 0 aliphatic carbocycles. The predicted molar refractivity (Wildman–Crippen MR) is 63.5 cm³/mol. The normalized spacial score (nSPS) is 10.4. The molecule has 1 heterocycles. The Balaban J connectivity index is 2.16. The van der Waals surface area contributed by atoms with Gasteiger partial charge >= 0.3 is 0 Å². The zero-order chi connectivity index (χ0) is 13.1. The first-order valence-electron chi connectivity index (χ1n) is 4.80. The molecule has 4 nitrogen and oxygen atoms in total. The Labute approximate surface area is 111 Å². The molecule has 0 spiro atoms. The van der Waals surface area contributed by atoms with Crippen LogP contribution in [0.3, 0.4) is 0 Å². The monoisotopic (exact) mass is 290 g/mol. The topological polar surface area (TPSA) is 50.7 Å². The van der Waals surface area contributed by atoms with Gasteiger partial charge in [-0.05, 0) is 17.7 Å². The summed E-state index contributed by atoms with van der Waals surface area (Å²) >= 11 is 11.2. The molecule has 0 aliphatic rings. The second-order valence-corrected chi connectivity index (χ2v) is 3.98. The number of hydrogen-bond acceptors (Lipinski definition) is 4. The summed E-state index contributed by atoms with van der Waals surface area (Å²) < 4.78 is 26.3. The van der Waals surface area contributed by atoms with Crippen LogP contribution in [-0.2, 0) is 6.54 Å². The third-order valence-electron chi connectivity index (χ3n) is 2.10. The molecule has 1 aromatic carbocycles. The Morgan fingerprint density at radius 2 is 1.94 bits per heavy atom. The maximum absolute atomic E-state index is 13.4. The zero-order valence-electron chi connectivity index (χ0n) is 8.79. The van der Waals surface area contributed by atoms with E-state index in [1.807, 2.05) is 0 Å². The average Bonchev–Trinajstić information content (AvgIpc) is 2.35. The second-order valence-electron chi connectivity index (χ2n) is 3.29. The zero-order valence-corrected chi connectivity index (χ0v) is 10.3. The van der Waals surface area contributed by atoms with Gasteiger partial charge in [0, 0.05) is 12.1 Å². The SMILES string of the molecule is Fc1cccc(CNc2nc(Cl)nnc2Cl)c1F. The van der Waals surface area contributed by atoms with Gasteiger partial charge in [-0.25, -0.2) is 8.78 Å². The van der Waals surface area contributed by atoms with Crippen LogP contribution in [0.1, 0.15) is 5.56 Å². The van der Waals surface area contributed by atoms with Gasteiger partial charge in [-0.15, -0.1) is 10.2 Å². The molecule has 2 rings (SSSR count). The number of aromatic nitrogens is 3. The molecule has 18 heavy (non-hydrogen) atoms. The van der Waals surface area contributed by atoms with Gasteiger partial charge in [0.2, 0.25) is 5.28 Å². The molecule has 1 aromatic heterocycles. The standard InChI is InChI=1S/C10H6Cl2F2N4/c11-8-9(16-10(12)18-17-8)15-4-5-2-1-3-6(13)7(5)14/h1-3H,4H2,(H,15,16,18). The van der Waals surface area contributed by atoms with E-state index in [0.717, 1.165) is 6.07 Å². The number of hydrogen-bond donors (Lipinski definition) is 1. The van der Waals surface area contributed by atoms with Gasteiger partial charge in [-0.1, -0.05) is 23.7 Å². The quantitative estimate of drug-likeness (QED) is 0.944. The molecule has 0 atom stereocenters. The van der Waals surface area contributed by atoms with E-state index in [1.165, 1.54) is 12.1 Å². The molecule has 1 N–H and O–H groups in total. The first kappa shape index (κ1) is 12.9. The van der Waals surface area contributed by atoms with E-state index in [1.54, 1.807) is 0 Å². The van der Waals surface area contributed by atoms with Crippen LogP contribution in [0, 0.1) is 11.6 Å². The minimum absolute atomic E-state index is 0.00165. The third-order valence-corrected chi connectivity index (χ3v) is 2.51. The molecule has 0 amide bonds. The van der Waals surface area contributed by atoms with E-state index in [9.17, 15) is 8.78 Å². The summed E-state index contributed by atoms with van der Waals surface area (Å²) in [5, 5.41) is 9.55. The molecule has 8 heteroatoms. The van der Waals surface area contributed by atoms with E-state index in [4.69, 9.17) is 23.2 Å². The van der Waals surface area contributed by atoms with Crippen LogP contribution in [0.25, 0.3) is 0 Å². The Kier molecular flexibility index (Phi) is 3.88. The van der Waals surface area contributed by atoms with Crippen LogP contribution in [-0.4, -0.2) is 15.2 Å². The van der Waals surface area contributed by atoms with Crippen molar-refractivity contribution in [2.75, 3.05) is 5.32 Å². The van der Waals surface area contributed by atoms with Crippen LogP contribution in [0.2, 0.25) is 10.4 Å². The Hall–Kier alpha value is -1.53. The van der Waals surface area contributed by atoms with E-state index >= 15 is 0 Å². The van der Waals surface area contributed by atoms with Crippen molar-refractivity contribution in [1.82, 2.24) is 15.2 Å². The number of benzene rings is 1. The highest BCUT2D eigenvalue weighted by Crippen LogP contribution is 2.18. The fourth-order valence-corrected chi connectivity index (χ4v) is 1.54. The van der Waals surface area contributed by atoms with Gasteiger partial charge < -0.3 is 5.32 Å². The highest BCUT2D eigenvalue weighted by molar-refractivity contribution is 6.32. The molecule has 94 valence electrons. The van der Waals surface area contributed by atoms with Gasteiger partial charge in [-0.3, -0.25) is 0 Å². The van der Waals surface area contributed by atoms with Crippen LogP contribution in [0.15, 0.2) is 18.2 Å². The molecule has 0 aliphatic heterocycles. The van der Waals surface area contributed by atoms with Crippen molar-refractivity contribution in [1.29, 1.82) is 0 Å². The fraction of sp³-hybridized carbons (Fsp3) is 0.100. The summed E-state index contributed by atoms with van der Waals surface area (Å²) in [5.41, 5.74) is 0.140. The molecule has 0 unspecified atom stereocenters. The molecule has 0 radical (unpaired) electrons. The van der Waals surface area contributed by atoms with E-state index in [-0.39, 0.29) is 28.4 Å². The summed E-state index contributed by atoms with van der Waals surface area (Å²) in [7, 11) is 0. The van der Waals surface area contributed by atoms with Gasteiger partial charge in [0.05, 0.1) is 0 Å². The van der Waals surface area contributed by atoms with Crippen LogP contribution in [0.5, 0.6) is 0 Å². The highest BCUT2D eigenvalue weighted by Gasteiger charge is 2.10. The minimum atomic E-state index is -0.922. The summed E-state index contributed by atoms with van der Waals surface area (Å²) in [6.07, 6.45) is 0. The number of halogens is 4. The summed E-state index contributed by atoms with van der Waals surface area (Å²) in [4.78, 5) is 3.77. The lowest BCUT2D eigenvalue weighted by atomic mass is 10.2. The highest BCUT2D eigenvalue weighted by atomic mass is 35.5. The maximum atomic E-state index is 13.4. The number of nitrogens with zero attached hydrogens (tertiary/aromatic N) is 3. The van der Waals surface area contributed by atoms with Crippen molar-refractivity contribution in [3.63, 3.8) is 0 Å². The minimum Gasteiger partial charge on any atom is -0.363 e. The first-order valence-corrected chi connectivity index (χ1v) is 5.56. The Morgan fingerprint density at radius 1 is 1.17 bits per heavy atom. The average molecular weight is 291 g/mol. The number of anilines is 1. The number of nitrogens with one attached hydrogen (secondary N) is 1. The summed E-state index contributed by atoms with van der Waals surface area (Å²) in [6, 6.07) is 3.88. The fourth-order valence-electron chi connectivity index (χ4n) is 1.27. The maximum Gasteiger partial charge on any atom is 0.245 e. The van der Waals surface area contributed by atoms with Crippen molar-refractivity contribution in [2.24, 2.45) is 0 Å². The van der Waals surface area contributed by atoms with Gasteiger partial charge in [-0.2, -0.15) is 4.98 Å². The van der Waals surface area contributed by atoms with Crippen molar-refractivity contribution in [3.8, 4) is 0 Å². The van der Waals surface area contributed by atoms with Gasteiger partial charge in [0.15, 0.2) is 22.6 Å². The van der Waals surface area contributed by atoms with Crippen LogP contribution < -0.4 is 5.32 Å². The van der Waals surface area contributed by atoms with Gasteiger partial charge in [0.1, 0.15) is 0 Å². The molecule has 0 saturated carbocycles. The third kappa shape index (κ3) is 2.83. The molecule has 0 bridgehead atoms. The second kappa shape index (κ2) is 5.41. The lowest BCUT2D eigenvalue weighted by molar-refractivity contribution is 0.500.